The van der Waals surface area contributed by atoms with E-state index in [1.54, 1.807) is 18.0 Å². The SMILES string of the molecule is Cc1cc(Cl)ccc1NC(=O)N(C)CCc1c(C)n[nH]c1C. The fourth-order valence-electron chi connectivity index (χ4n) is 2.30. The second kappa shape index (κ2) is 6.83. The van der Waals surface area contributed by atoms with Gasteiger partial charge in [0.1, 0.15) is 0 Å². The molecule has 1 heterocycles. The zero-order valence-electron chi connectivity index (χ0n) is 13.3. The third kappa shape index (κ3) is 3.80. The van der Waals surface area contributed by atoms with Crippen molar-refractivity contribution in [3.8, 4) is 0 Å². The third-order valence-corrected chi connectivity index (χ3v) is 3.99. The lowest BCUT2D eigenvalue weighted by Crippen LogP contribution is -2.33. The summed E-state index contributed by atoms with van der Waals surface area (Å²) in [6.07, 6.45) is 0.775. The fourth-order valence-corrected chi connectivity index (χ4v) is 2.53. The summed E-state index contributed by atoms with van der Waals surface area (Å²) in [5.41, 5.74) is 4.93. The molecule has 0 aliphatic heterocycles. The molecule has 0 saturated carbocycles. The van der Waals surface area contributed by atoms with Gasteiger partial charge in [0.05, 0.1) is 5.69 Å². The highest BCUT2D eigenvalue weighted by Crippen LogP contribution is 2.20. The van der Waals surface area contributed by atoms with Gasteiger partial charge < -0.3 is 10.2 Å². The van der Waals surface area contributed by atoms with Crippen molar-refractivity contribution in [2.75, 3.05) is 18.9 Å². The van der Waals surface area contributed by atoms with Crippen LogP contribution >= 0.6 is 11.6 Å². The molecule has 0 fully saturated rings. The number of carbonyl (C=O) groups excluding carboxylic acids is 1. The van der Waals surface area contributed by atoms with Gasteiger partial charge in [-0.05, 0) is 56.5 Å². The number of halogens is 1. The van der Waals surface area contributed by atoms with E-state index in [1.165, 1.54) is 5.56 Å². The summed E-state index contributed by atoms with van der Waals surface area (Å²) in [6, 6.07) is 5.27. The average molecular weight is 321 g/mol. The number of carbonyl (C=O) groups is 1. The number of aromatic amines is 1. The highest BCUT2D eigenvalue weighted by Gasteiger charge is 2.12. The second-order valence-corrected chi connectivity index (χ2v) is 5.91. The number of nitrogens with zero attached hydrogens (tertiary/aromatic N) is 2. The van der Waals surface area contributed by atoms with E-state index in [-0.39, 0.29) is 6.03 Å². The summed E-state index contributed by atoms with van der Waals surface area (Å²) in [5, 5.41) is 10.7. The average Bonchev–Trinajstić information content (AvgIpc) is 2.78. The molecule has 0 spiro atoms. The largest absolute Gasteiger partial charge is 0.327 e. The predicted molar refractivity (Wildman–Crippen MR) is 89.6 cm³/mol. The van der Waals surface area contributed by atoms with Crippen molar-refractivity contribution in [2.24, 2.45) is 0 Å². The Labute approximate surface area is 135 Å². The van der Waals surface area contributed by atoms with E-state index in [4.69, 9.17) is 11.6 Å². The molecule has 0 bridgehead atoms. The van der Waals surface area contributed by atoms with Gasteiger partial charge in [0.15, 0.2) is 0 Å². The van der Waals surface area contributed by atoms with E-state index in [0.717, 1.165) is 29.1 Å². The topological polar surface area (TPSA) is 61.0 Å². The molecule has 2 aromatic rings. The van der Waals surface area contributed by atoms with Crippen LogP contribution in [0.5, 0.6) is 0 Å². The van der Waals surface area contributed by atoms with Crippen molar-refractivity contribution in [1.29, 1.82) is 0 Å². The van der Waals surface area contributed by atoms with Gasteiger partial charge in [-0.1, -0.05) is 11.6 Å². The Balaban J connectivity index is 1.95. The fraction of sp³-hybridized carbons (Fsp3) is 0.375. The summed E-state index contributed by atoms with van der Waals surface area (Å²) < 4.78 is 0. The highest BCUT2D eigenvalue weighted by molar-refractivity contribution is 6.30. The number of likely N-dealkylation sites (N-methyl/N-ethyl adjacent to an activating group) is 1. The van der Waals surface area contributed by atoms with E-state index in [2.05, 4.69) is 15.5 Å². The molecule has 0 radical (unpaired) electrons. The molecule has 1 aromatic heterocycles. The zero-order valence-corrected chi connectivity index (χ0v) is 14.1. The highest BCUT2D eigenvalue weighted by atomic mass is 35.5. The summed E-state index contributed by atoms with van der Waals surface area (Å²) in [4.78, 5) is 13.9. The van der Waals surface area contributed by atoms with Crippen LogP contribution in [0.15, 0.2) is 18.2 Å². The molecule has 0 unspecified atom stereocenters. The van der Waals surface area contributed by atoms with E-state index in [9.17, 15) is 4.79 Å². The molecule has 0 atom stereocenters. The molecule has 0 aliphatic carbocycles. The second-order valence-electron chi connectivity index (χ2n) is 5.47. The number of aryl methyl sites for hydroxylation is 3. The number of H-pyrrole nitrogens is 1. The molecule has 0 aliphatic rings. The van der Waals surface area contributed by atoms with Crippen LogP contribution in [0.3, 0.4) is 0 Å². The van der Waals surface area contributed by atoms with Crippen LogP contribution in [-0.2, 0) is 6.42 Å². The molecule has 0 saturated heterocycles. The Morgan fingerprint density at radius 3 is 2.68 bits per heavy atom. The van der Waals surface area contributed by atoms with Gasteiger partial charge >= 0.3 is 6.03 Å². The Bertz CT molecular complexity index is 661. The van der Waals surface area contributed by atoms with Crippen molar-refractivity contribution in [1.82, 2.24) is 15.1 Å². The maximum atomic E-state index is 12.2. The van der Waals surface area contributed by atoms with Gasteiger partial charge in [0.2, 0.25) is 0 Å². The molecular weight excluding hydrogens is 300 g/mol. The van der Waals surface area contributed by atoms with Crippen molar-refractivity contribution < 1.29 is 4.79 Å². The lowest BCUT2D eigenvalue weighted by molar-refractivity contribution is 0.223. The molecule has 5 nitrogen and oxygen atoms in total. The lowest BCUT2D eigenvalue weighted by Gasteiger charge is -2.19. The van der Waals surface area contributed by atoms with Gasteiger partial charge in [-0.25, -0.2) is 4.79 Å². The molecular formula is C16H21ClN4O. The molecule has 6 heteroatoms. The minimum atomic E-state index is -0.135. The number of aromatic nitrogens is 2. The van der Waals surface area contributed by atoms with Crippen molar-refractivity contribution >= 4 is 23.3 Å². The molecule has 22 heavy (non-hydrogen) atoms. The summed E-state index contributed by atoms with van der Waals surface area (Å²) in [5.74, 6) is 0. The van der Waals surface area contributed by atoms with Crippen LogP contribution < -0.4 is 5.32 Å². The van der Waals surface area contributed by atoms with Crippen molar-refractivity contribution in [3.63, 3.8) is 0 Å². The smallest absolute Gasteiger partial charge is 0.321 e. The Hall–Kier alpha value is -2.01. The minimum absolute atomic E-state index is 0.135. The monoisotopic (exact) mass is 320 g/mol. The van der Waals surface area contributed by atoms with Gasteiger partial charge in [-0.15, -0.1) is 0 Å². The number of hydrogen-bond acceptors (Lipinski definition) is 2. The quantitative estimate of drug-likeness (QED) is 0.902. The van der Waals surface area contributed by atoms with Crippen LogP contribution in [0.4, 0.5) is 10.5 Å². The summed E-state index contributed by atoms with van der Waals surface area (Å²) >= 11 is 5.92. The predicted octanol–water partition coefficient (Wildman–Crippen LogP) is 3.69. The summed E-state index contributed by atoms with van der Waals surface area (Å²) in [7, 11) is 1.78. The molecule has 2 rings (SSSR count). The van der Waals surface area contributed by atoms with E-state index < -0.39 is 0 Å². The standard InChI is InChI=1S/C16H21ClN4O/c1-10-9-13(17)5-6-15(10)18-16(22)21(4)8-7-14-11(2)19-20-12(14)3/h5-6,9H,7-8H2,1-4H3,(H,18,22)(H,19,20). The van der Waals surface area contributed by atoms with Crippen LogP contribution in [0, 0.1) is 20.8 Å². The number of amides is 2. The van der Waals surface area contributed by atoms with Crippen LogP contribution in [0.25, 0.3) is 0 Å². The molecule has 2 N–H and O–H groups in total. The Morgan fingerprint density at radius 1 is 1.36 bits per heavy atom. The van der Waals surface area contributed by atoms with Crippen LogP contribution in [0.2, 0.25) is 5.02 Å². The molecule has 118 valence electrons. The number of rotatable bonds is 4. The Kier molecular flexibility index (Phi) is 5.08. The van der Waals surface area contributed by atoms with E-state index in [0.29, 0.717) is 11.6 Å². The normalized spacial score (nSPS) is 10.6. The first kappa shape index (κ1) is 16.4. The third-order valence-electron chi connectivity index (χ3n) is 3.75. The van der Waals surface area contributed by atoms with Crippen LogP contribution in [-0.4, -0.2) is 34.7 Å². The maximum Gasteiger partial charge on any atom is 0.321 e. The first-order chi connectivity index (χ1) is 10.4. The van der Waals surface area contributed by atoms with Crippen molar-refractivity contribution in [3.05, 3.63) is 45.7 Å². The number of benzene rings is 1. The van der Waals surface area contributed by atoms with Gasteiger partial charge in [-0.2, -0.15) is 5.10 Å². The number of nitrogens with one attached hydrogen (secondary N) is 2. The van der Waals surface area contributed by atoms with Gasteiger partial charge in [0, 0.05) is 30.0 Å². The molecule has 1 aromatic carbocycles. The van der Waals surface area contributed by atoms with Crippen LogP contribution in [0.1, 0.15) is 22.5 Å². The zero-order chi connectivity index (χ0) is 16.3. The van der Waals surface area contributed by atoms with Gasteiger partial charge in [0.25, 0.3) is 0 Å². The van der Waals surface area contributed by atoms with E-state index in [1.807, 2.05) is 32.9 Å². The first-order valence-corrected chi connectivity index (χ1v) is 7.55. The maximum absolute atomic E-state index is 12.2. The number of anilines is 1. The summed E-state index contributed by atoms with van der Waals surface area (Å²) in [6.45, 7) is 6.50. The lowest BCUT2D eigenvalue weighted by atomic mass is 10.1. The minimum Gasteiger partial charge on any atom is -0.327 e. The van der Waals surface area contributed by atoms with Crippen molar-refractivity contribution in [2.45, 2.75) is 27.2 Å². The van der Waals surface area contributed by atoms with E-state index >= 15 is 0 Å². The number of urea groups is 1. The number of hydrogen-bond donors (Lipinski definition) is 2. The Morgan fingerprint density at radius 2 is 2.09 bits per heavy atom. The van der Waals surface area contributed by atoms with Gasteiger partial charge in [-0.3, -0.25) is 5.10 Å². The first-order valence-electron chi connectivity index (χ1n) is 7.17. The molecule has 2 amide bonds.